The molecule has 0 atom stereocenters. The lowest BCUT2D eigenvalue weighted by molar-refractivity contribution is 0.415. The van der Waals surface area contributed by atoms with Gasteiger partial charge in [-0.15, -0.1) is 0 Å². The van der Waals surface area contributed by atoms with Crippen molar-refractivity contribution < 1.29 is 4.74 Å². The third-order valence-electron chi connectivity index (χ3n) is 4.31. The summed E-state index contributed by atoms with van der Waals surface area (Å²) in [6.07, 6.45) is 0. The number of anilines is 2. The highest BCUT2D eigenvalue weighted by atomic mass is 16.5. The van der Waals surface area contributed by atoms with Crippen LogP contribution in [0.15, 0.2) is 59.4 Å². The van der Waals surface area contributed by atoms with Gasteiger partial charge < -0.3 is 14.6 Å². The second-order valence-corrected chi connectivity index (χ2v) is 5.99. The molecule has 26 heavy (non-hydrogen) atoms. The van der Waals surface area contributed by atoms with Gasteiger partial charge in [0.2, 0.25) is 0 Å². The molecule has 3 aromatic rings. The Kier molecular flexibility index (Phi) is 4.76. The molecule has 0 bridgehead atoms. The molecule has 0 radical (unpaired) electrons. The van der Waals surface area contributed by atoms with E-state index in [1.165, 1.54) is 0 Å². The number of aromatic amines is 1. The van der Waals surface area contributed by atoms with Gasteiger partial charge in [-0.05, 0) is 55.0 Å². The predicted octanol–water partition coefficient (Wildman–Crippen LogP) is 4.00. The number of hydrogen-bond donors (Lipinski definition) is 1. The van der Waals surface area contributed by atoms with E-state index in [1.807, 2.05) is 67.7 Å². The van der Waals surface area contributed by atoms with E-state index in [0.717, 1.165) is 28.4 Å². The van der Waals surface area contributed by atoms with E-state index in [2.05, 4.69) is 9.88 Å². The number of aromatic nitrogens is 1. The fourth-order valence-corrected chi connectivity index (χ4v) is 2.85. The Labute approximate surface area is 152 Å². The number of pyridine rings is 1. The highest BCUT2D eigenvalue weighted by molar-refractivity contribution is 5.73. The van der Waals surface area contributed by atoms with Crippen molar-refractivity contribution >= 4 is 11.4 Å². The van der Waals surface area contributed by atoms with E-state index < -0.39 is 0 Å². The number of hydrogen-bond acceptors (Lipinski definition) is 4. The zero-order valence-electron chi connectivity index (χ0n) is 14.9. The van der Waals surface area contributed by atoms with Crippen LogP contribution < -0.4 is 15.2 Å². The van der Waals surface area contributed by atoms with Crippen LogP contribution in [-0.4, -0.2) is 19.1 Å². The van der Waals surface area contributed by atoms with Crippen LogP contribution in [-0.2, 0) is 0 Å². The molecule has 0 amide bonds. The van der Waals surface area contributed by atoms with Crippen LogP contribution in [0.1, 0.15) is 11.3 Å². The van der Waals surface area contributed by atoms with Crippen LogP contribution in [0.25, 0.3) is 11.1 Å². The Bertz CT molecular complexity index is 1010. The first-order valence-electron chi connectivity index (χ1n) is 8.15. The van der Waals surface area contributed by atoms with Gasteiger partial charge in [-0.1, -0.05) is 12.1 Å². The van der Waals surface area contributed by atoms with E-state index in [4.69, 9.17) is 4.74 Å². The van der Waals surface area contributed by atoms with Gasteiger partial charge in [0.1, 0.15) is 17.4 Å². The van der Waals surface area contributed by atoms with Gasteiger partial charge in [0.05, 0.1) is 7.11 Å². The van der Waals surface area contributed by atoms with E-state index in [0.29, 0.717) is 5.56 Å². The van der Waals surface area contributed by atoms with Crippen LogP contribution in [0.2, 0.25) is 0 Å². The van der Waals surface area contributed by atoms with Gasteiger partial charge in [-0.25, -0.2) is 0 Å². The normalized spacial score (nSPS) is 10.2. The number of methoxy groups -OCH3 is 1. The molecule has 0 aliphatic carbocycles. The van der Waals surface area contributed by atoms with Crippen LogP contribution in [0.3, 0.4) is 0 Å². The minimum Gasteiger partial charge on any atom is -0.497 e. The van der Waals surface area contributed by atoms with E-state index in [9.17, 15) is 10.1 Å². The van der Waals surface area contributed by atoms with Gasteiger partial charge in [-0.2, -0.15) is 5.26 Å². The molecule has 2 aromatic carbocycles. The van der Waals surface area contributed by atoms with Crippen molar-refractivity contribution in [3.63, 3.8) is 0 Å². The summed E-state index contributed by atoms with van der Waals surface area (Å²) < 4.78 is 5.19. The molecule has 130 valence electrons. The number of nitrogens with one attached hydrogen (secondary N) is 1. The Morgan fingerprint density at radius 2 is 1.62 bits per heavy atom. The minimum absolute atomic E-state index is 0.131. The summed E-state index contributed by atoms with van der Waals surface area (Å²) in [7, 11) is 3.62. The van der Waals surface area contributed by atoms with Gasteiger partial charge in [0.25, 0.3) is 5.56 Å². The molecule has 0 unspecified atom stereocenters. The molecule has 0 spiro atoms. The first-order valence-corrected chi connectivity index (χ1v) is 8.15. The van der Waals surface area contributed by atoms with Crippen molar-refractivity contribution in [3.05, 3.63) is 76.2 Å². The minimum atomic E-state index is -0.359. The van der Waals surface area contributed by atoms with Crippen molar-refractivity contribution in [1.82, 2.24) is 4.98 Å². The number of aryl methyl sites for hydroxylation is 1. The van der Waals surface area contributed by atoms with Gasteiger partial charge in [0.15, 0.2) is 0 Å². The first kappa shape index (κ1) is 17.3. The molecule has 5 nitrogen and oxygen atoms in total. The van der Waals surface area contributed by atoms with E-state index in [1.54, 1.807) is 14.0 Å². The van der Waals surface area contributed by atoms with E-state index >= 15 is 0 Å². The van der Waals surface area contributed by atoms with Crippen LogP contribution in [0.5, 0.6) is 5.75 Å². The maximum atomic E-state index is 12.0. The maximum absolute atomic E-state index is 12.0. The first-order chi connectivity index (χ1) is 12.5. The zero-order chi connectivity index (χ0) is 18.7. The Morgan fingerprint density at radius 1 is 1.04 bits per heavy atom. The summed E-state index contributed by atoms with van der Waals surface area (Å²) in [5.74, 6) is 0.811. The number of ether oxygens (including phenoxy) is 1. The van der Waals surface area contributed by atoms with Gasteiger partial charge in [0, 0.05) is 29.7 Å². The summed E-state index contributed by atoms with van der Waals surface area (Å²) >= 11 is 0. The molecule has 0 saturated carbocycles. The standard InChI is InChI=1S/C21H19N3O2/c1-14-12-19(20(13-22)21(25)23-14)15-4-6-16(7-5-15)24(2)17-8-10-18(26-3)11-9-17/h4-12H,1-3H3,(H,23,25). The zero-order valence-corrected chi connectivity index (χ0v) is 14.9. The Hall–Kier alpha value is -3.52. The lowest BCUT2D eigenvalue weighted by Gasteiger charge is -2.20. The Morgan fingerprint density at radius 3 is 2.15 bits per heavy atom. The molecule has 0 aliphatic rings. The number of nitrogens with zero attached hydrogens (tertiary/aromatic N) is 2. The monoisotopic (exact) mass is 345 g/mol. The molecular formula is C21H19N3O2. The fourth-order valence-electron chi connectivity index (χ4n) is 2.85. The van der Waals surface area contributed by atoms with Crippen molar-refractivity contribution in [1.29, 1.82) is 5.26 Å². The van der Waals surface area contributed by atoms with Gasteiger partial charge in [-0.3, -0.25) is 4.79 Å². The number of rotatable bonds is 4. The van der Waals surface area contributed by atoms with Crippen LogP contribution >= 0.6 is 0 Å². The molecule has 5 heteroatoms. The third-order valence-corrected chi connectivity index (χ3v) is 4.31. The SMILES string of the molecule is COc1ccc(N(C)c2ccc(-c3cc(C)[nH]c(=O)c3C#N)cc2)cc1. The Balaban J connectivity index is 1.94. The maximum Gasteiger partial charge on any atom is 0.266 e. The average molecular weight is 345 g/mol. The molecule has 3 rings (SSSR count). The topological polar surface area (TPSA) is 69.1 Å². The second kappa shape index (κ2) is 7.16. The highest BCUT2D eigenvalue weighted by Gasteiger charge is 2.11. The molecule has 0 saturated heterocycles. The molecule has 0 fully saturated rings. The van der Waals surface area contributed by atoms with Crippen LogP contribution in [0, 0.1) is 18.3 Å². The summed E-state index contributed by atoms with van der Waals surface area (Å²) in [5, 5.41) is 9.30. The predicted molar refractivity (Wildman–Crippen MR) is 103 cm³/mol. The number of nitriles is 1. The summed E-state index contributed by atoms with van der Waals surface area (Å²) in [6, 6.07) is 19.4. The quantitative estimate of drug-likeness (QED) is 0.776. The molecule has 1 aromatic heterocycles. The van der Waals surface area contributed by atoms with Crippen LogP contribution in [0.4, 0.5) is 11.4 Å². The smallest absolute Gasteiger partial charge is 0.266 e. The lowest BCUT2D eigenvalue weighted by atomic mass is 10.0. The second-order valence-electron chi connectivity index (χ2n) is 5.99. The highest BCUT2D eigenvalue weighted by Crippen LogP contribution is 2.29. The summed E-state index contributed by atoms with van der Waals surface area (Å²) in [5.41, 5.74) is 4.01. The molecule has 1 heterocycles. The number of H-pyrrole nitrogens is 1. The lowest BCUT2D eigenvalue weighted by Crippen LogP contribution is -2.13. The third kappa shape index (κ3) is 3.31. The van der Waals surface area contributed by atoms with Crippen molar-refractivity contribution in [2.75, 3.05) is 19.1 Å². The largest absolute Gasteiger partial charge is 0.497 e. The van der Waals surface area contributed by atoms with E-state index in [-0.39, 0.29) is 11.1 Å². The summed E-state index contributed by atoms with van der Waals surface area (Å²) in [4.78, 5) is 16.7. The molecule has 1 N–H and O–H groups in total. The molecular weight excluding hydrogens is 326 g/mol. The average Bonchev–Trinajstić information content (AvgIpc) is 2.67. The summed E-state index contributed by atoms with van der Waals surface area (Å²) in [6.45, 7) is 1.80. The van der Waals surface area contributed by atoms with Crippen molar-refractivity contribution in [2.24, 2.45) is 0 Å². The number of benzene rings is 2. The van der Waals surface area contributed by atoms with Gasteiger partial charge >= 0.3 is 0 Å². The van der Waals surface area contributed by atoms with Crippen molar-refractivity contribution in [2.45, 2.75) is 6.92 Å². The van der Waals surface area contributed by atoms with Crippen molar-refractivity contribution in [3.8, 4) is 22.9 Å². The molecule has 0 aliphatic heterocycles. The fraction of sp³-hybridized carbons (Fsp3) is 0.143.